The van der Waals surface area contributed by atoms with Gasteiger partial charge in [0.2, 0.25) is 11.8 Å². The van der Waals surface area contributed by atoms with E-state index in [9.17, 15) is 19.5 Å². The molecule has 9 nitrogen and oxygen atoms in total. The van der Waals surface area contributed by atoms with Gasteiger partial charge in [-0.2, -0.15) is 0 Å². The second kappa shape index (κ2) is 11.7. The Morgan fingerprint density at radius 3 is 2.60 bits per heavy atom. The Labute approximate surface area is 239 Å². The van der Waals surface area contributed by atoms with Crippen molar-refractivity contribution < 1.29 is 29.0 Å². The molecule has 5 heterocycles. The maximum atomic E-state index is 14.5. The maximum Gasteiger partial charge on any atom is 0.311 e. The first-order chi connectivity index (χ1) is 19.5. The van der Waals surface area contributed by atoms with E-state index >= 15 is 0 Å². The van der Waals surface area contributed by atoms with Crippen molar-refractivity contribution in [3.8, 4) is 0 Å². The van der Waals surface area contributed by atoms with Gasteiger partial charge in [-0.05, 0) is 18.4 Å². The lowest BCUT2D eigenvalue weighted by molar-refractivity contribution is -0.153. The molecule has 6 atom stereocenters. The number of carbonyl (C=O) groups excluding carboxylic acids is 3. The molecule has 3 saturated heterocycles. The normalized spacial score (nSPS) is 33.1. The summed E-state index contributed by atoms with van der Waals surface area (Å²) in [5.74, 6) is -2.18. The average Bonchev–Trinajstić information content (AvgIpc) is 3.36. The summed E-state index contributed by atoms with van der Waals surface area (Å²) in [5, 5.41) is 10.4. The number of carbonyl (C=O) groups is 3. The summed E-state index contributed by atoms with van der Waals surface area (Å²) in [4.78, 5) is 48.0. The molecule has 0 saturated carbocycles. The molecule has 6 rings (SSSR count). The number of benzene rings is 1. The molecule has 1 aromatic carbocycles. The van der Waals surface area contributed by atoms with E-state index in [0.29, 0.717) is 39.1 Å². The number of morpholine rings is 1. The maximum absolute atomic E-state index is 14.5. The van der Waals surface area contributed by atoms with Gasteiger partial charge < -0.3 is 24.4 Å². The molecule has 1 aromatic rings. The number of nitrogens with zero attached hydrogens (tertiary/aromatic N) is 3. The van der Waals surface area contributed by atoms with Crippen LogP contribution in [0.15, 0.2) is 54.6 Å². The lowest BCUT2D eigenvalue weighted by Crippen LogP contribution is -2.57. The monoisotopic (exact) mass is 567 g/mol. The summed E-state index contributed by atoms with van der Waals surface area (Å²) in [6, 6.07) is 8.28. The van der Waals surface area contributed by atoms with Crippen LogP contribution < -0.4 is 0 Å². The summed E-state index contributed by atoms with van der Waals surface area (Å²) < 4.78 is 10.1. The average molecular weight is 568 g/mol. The van der Waals surface area contributed by atoms with Crippen LogP contribution in [0.25, 0.3) is 0 Å². The number of likely N-dealkylation sites (tertiary alicyclic amines) is 1. The van der Waals surface area contributed by atoms with E-state index in [1.807, 2.05) is 59.5 Å². The molecule has 0 aliphatic carbocycles. The van der Waals surface area contributed by atoms with Crippen LogP contribution in [0.1, 0.15) is 12.0 Å². The fraction of sp³-hybridized carbons (Fsp3) is 0.567. The fourth-order valence-electron chi connectivity index (χ4n) is 6.91. The SMILES string of the molecule is O=C1OCCC=C[C@@H]2S[C@]34C=CCN(CCN5CCOCC5)C(=O)C3N([C@@H](CO)Cc3ccccc3)C(=O)[C@@H]4[C@H]12. The number of rotatable bonds is 7. The van der Waals surface area contributed by atoms with E-state index in [1.165, 1.54) is 11.8 Å². The van der Waals surface area contributed by atoms with E-state index in [2.05, 4.69) is 4.90 Å². The Balaban J connectivity index is 1.37. The zero-order valence-corrected chi connectivity index (χ0v) is 23.4. The highest BCUT2D eigenvalue weighted by Gasteiger charge is 2.71. The third-order valence-electron chi connectivity index (χ3n) is 8.85. The number of ether oxygens (including phenoxy) is 2. The van der Waals surface area contributed by atoms with Crippen LogP contribution >= 0.6 is 11.8 Å². The number of esters is 1. The Morgan fingerprint density at radius 1 is 1.02 bits per heavy atom. The van der Waals surface area contributed by atoms with Gasteiger partial charge in [0.05, 0.1) is 49.1 Å². The van der Waals surface area contributed by atoms with Crippen molar-refractivity contribution >= 4 is 29.5 Å². The predicted molar refractivity (Wildman–Crippen MR) is 150 cm³/mol. The van der Waals surface area contributed by atoms with E-state index in [1.54, 1.807) is 4.90 Å². The number of amides is 2. The lowest BCUT2D eigenvalue weighted by atomic mass is 9.78. The van der Waals surface area contributed by atoms with Gasteiger partial charge >= 0.3 is 5.97 Å². The number of fused-ring (bicyclic) bond motifs is 2. The van der Waals surface area contributed by atoms with Crippen molar-refractivity contribution in [3.63, 3.8) is 0 Å². The van der Waals surface area contributed by atoms with Crippen molar-refractivity contribution in [1.29, 1.82) is 0 Å². The first kappa shape index (κ1) is 27.5. The molecule has 5 aliphatic rings. The van der Waals surface area contributed by atoms with Gasteiger partial charge in [-0.3, -0.25) is 19.3 Å². The van der Waals surface area contributed by atoms with Crippen LogP contribution in [-0.2, 0) is 30.3 Å². The third-order valence-corrected chi connectivity index (χ3v) is 10.6. The second-order valence-corrected chi connectivity index (χ2v) is 12.6. The molecule has 40 heavy (non-hydrogen) atoms. The molecule has 214 valence electrons. The topological polar surface area (TPSA) is 99.6 Å². The van der Waals surface area contributed by atoms with Gasteiger partial charge in [-0.1, -0.05) is 54.6 Å². The highest BCUT2D eigenvalue weighted by atomic mass is 32.2. The Bertz CT molecular complexity index is 1170. The van der Waals surface area contributed by atoms with Crippen molar-refractivity contribution in [2.45, 2.75) is 34.9 Å². The highest BCUT2D eigenvalue weighted by Crippen LogP contribution is 2.61. The minimum Gasteiger partial charge on any atom is -0.465 e. The third kappa shape index (κ3) is 4.89. The van der Waals surface area contributed by atoms with E-state index in [-0.39, 0.29) is 36.2 Å². The smallest absolute Gasteiger partial charge is 0.311 e. The second-order valence-electron chi connectivity index (χ2n) is 11.1. The summed E-state index contributed by atoms with van der Waals surface area (Å²) in [6.45, 7) is 4.72. The number of thioether (sulfide) groups is 1. The van der Waals surface area contributed by atoms with Crippen LogP contribution in [0.3, 0.4) is 0 Å². The van der Waals surface area contributed by atoms with E-state index in [0.717, 1.165) is 25.2 Å². The zero-order chi connectivity index (χ0) is 27.7. The van der Waals surface area contributed by atoms with Gasteiger partial charge in [0, 0.05) is 38.0 Å². The summed E-state index contributed by atoms with van der Waals surface area (Å²) in [7, 11) is 0. The molecule has 3 fully saturated rings. The number of aliphatic hydroxyl groups is 1. The van der Waals surface area contributed by atoms with Crippen LogP contribution in [-0.4, -0.2) is 119 Å². The van der Waals surface area contributed by atoms with Gasteiger partial charge in [-0.25, -0.2) is 0 Å². The molecule has 1 spiro atoms. The lowest BCUT2D eigenvalue weighted by Gasteiger charge is -2.39. The van der Waals surface area contributed by atoms with E-state index in [4.69, 9.17) is 9.47 Å². The van der Waals surface area contributed by atoms with Gasteiger partial charge in [-0.15, -0.1) is 11.8 Å². The standard InChI is InChI=1S/C30H37N3O6S/c34-20-22(19-21-7-2-1-3-8-21)33-26-28(36)32(13-12-31-14-17-38-18-15-31)11-6-10-30(26)25(27(33)35)24-23(40-30)9-4-5-16-39-29(24)37/h1-4,6-10,22-26,34H,5,11-20H2/t22-,23+,24-,25+,26?,30+/m1/s1. The van der Waals surface area contributed by atoms with Crippen LogP contribution in [0.4, 0.5) is 0 Å². The van der Waals surface area contributed by atoms with Crippen LogP contribution in [0.2, 0.25) is 0 Å². The van der Waals surface area contributed by atoms with E-state index < -0.39 is 28.7 Å². The van der Waals surface area contributed by atoms with Crippen molar-refractivity contribution in [1.82, 2.24) is 14.7 Å². The molecule has 10 heteroatoms. The predicted octanol–water partition coefficient (Wildman–Crippen LogP) is 1.12. The number of cyclic esters (lactones) is 1. The van der Waals surface area contributed by atoms with Gasteiger partial charge in [0.25, 0.3) is 0 Å². The van der Waals surface area contributed by atoms with Crippen LogP contribution in [0, 0.1) is 11.8 Å². The first-order valence-electron chi connectivity index (χ1n) is 14.3. The van der Waals surface area contributed by atoms with Crippen molar-refractivity contribution in [2.75, 3.05) is 59.2 Å². The Kier molecular flexibility index (Phi) is 8.03. The summed E-state index contributed by atoms with van der Waals surface area (Å²) >= 11 is 1.54. The molecule has 5 aliphatic heterocycles. The number of hydrogen-bond acceptors (Lipinski definition) is 8. The quantitative estimate of drug-likeness (QED) is 0.387. The largest absolute Gasteiger partial charge is 0.465 e. The van der Waals surface area contributed by atoms with Crippen LogP contribution in [0.5, 0.6) is 0 Å². The Hall–Kier alpha value is -2.66. The molecule has 0 radical (unpaired) electrons. The number of aliphatic hydroxyl groups excluding tert-OH is 1. The number of hydrogen-bond donors (Lipinski definition) is 1. The fourth-order valence-corrected chi connectivity index (χ4v) is 8.90. The molecule has 0 bridgehead atoms. The molecular weight excluding hydrogens is 530 g/mol. The summed E-state index contributed by atoms with van der Waals surface area (Å²) in [5.41, 5.74) is 0.972. The minimum atomic E-state index is -0.922. The molecule has 2 amide bonds. The minimum absolute atomic E-state index is 0.125. The summed E-state index contributed by atoms with van der Waals surface area (Å²) in [6.07, 6.45) is 9.08. The van der Waals surface area contributed by atoms with Gasteiger partial charge in [0.15, 0.2) is 0 Å². The molecular formula is C30H37N3O6S. The highest BCUT2D eigenvalue weighted by molar-refractivity contribution is 8.02. The van der Waals surface area contributed by atoms with Crippen molar-refractivity contribution in [2.24, 2.45) is 11.8 Å². The van der Waals surface area contributed by atoms with Crippen molar-refractivity contribution in [3.05, 3.63) is 60.2 Å². The first-order valence-corrected chi connectivity index (χ1v) is 15.2. The molecule has 1 N–H and O–H groups in total. The van der Waals surface area contributed by atoms with Gasteiger partial charge in [0.1, 0.15) is 6.04 Å². The zero-order valence-electron chi connectivity index (χ0n) is 22.6. The molecule has 0 aromatic heterocycles. The molecule has 1 unspecified atom stereocenters. The Morgan fingerprint density at radius 2 is 1.82 bits per heavy atom.